The predicted octanol–water partition coefficient (Wildman–Crippen LogP) is 1.71. The van der Waals surface area contributed by atoms with Crippen LogP contribution >= 0.6 is 0 Å². The molecule has 0 heterocycles. The van der Waals surface area contributed by atoms with Crippen molar-refractivity contribution in [3.05, 3.63) is 0 Å². The zero-order valence-corrected chi connectivity index (χ0v) is 8.09. The quantitative estimate of drug-likeness (QED) is 0.602. The molecule has 66 valence electrons. The van der Waals surface area contributed by atoms with Crippen LogP contribution < -0.4 is 5.32 Å². The summed E-state index contributed by atoms with van der Waals surface area (Å²) in [5.74, 6) is 0.593. The Labute approximate surface area is 70.1 Å². The Morgan fingerprint density at radius 2 is 2.00 bits per heavy atom. The second-order valence-corrected chi connectivity index (χ2v) is 2.78. The number of rotatable bonds is 5. The van der Waals surface area contributed by atoms with Crippen LogP contribution in [0.5, 0.6) is 0 Å². The molecule has 11 heavy (non-hydrogen) atoms. The summed E-state index contributed by atoms with van der Waals surface area (Å²) in [7, 11) is 3.85. The minimum atomic E-state index is 0.587. The molecule has 2 atom stereocenters. The first-order chi connectivity index (χ1) is 5.29. The maximum atomic E-state index is 4.06. The van der Waals surface area contributed by atoms with Crippen molar-refractivity contribution in [2.24, 2.45) is 10.9 Å². The maximum Gasteiger partial charge on any atom is 0.0273 e. The SMILES string of the molecule is CCC(C=NC)C(CC)NC. The van der Waals surface area contributed by atoms with E-state index >= 15 is 0 Å². The summed E-state index contributed by atoms with van der Waals surface area (Å²) in [5.41, 5.74) is 0. The molecule has 0 amide bonds. The zero-order chi connectivity index (χ0) is 8.69. The van der Waals surface area contributed by atoms with Crippen molar-refractivity contribution in [1.82, 2.24) is 5.32 Å². The molecule has 0 aliphatic carbocycles. The molecule has 0 saturated heterocycles. The van der Waals surface area contributed by atoms with Gasteiger partial charge in [-0.25, -0.2) is 0 Å². The van der Waals surface area contributed by atoms with Crippen molar-refractivity contribution in [2.75, 3.05) is 14.1 Å². The van der Waals surface area contributed by atoms with Crippen LogP contribution in [0.3, 0.4) is 0 Å². The van der Waals surface area contributed by atoms with Gasteiger partial charge in [-0.05, 0) is 19.9 Å². The highest BCUT2D eigenvalue weighted by atomic mass is 14.9. The van der Waals surface area contributed by atoms with E-state index < -0.39 is 0 Å². The molecule has 0 spiro atoms. The third-order valence-corrected chi connectivity index (χ3v) is 2.14. The lowest BCUT2D eigenvalue weighted by molar-refractivity contribution is 0.441. The van der Waals surface area contributed by atoms with Crippen molar-refractivity contribution in [3.63, 3.8) is 0 Å². The molecule has 0 rings (SSSR count). The topological polar surface area (TPSA) is 24.4 Å². The summed E-state index contributed by atoms with van der Waals surface area (Å²) in [6.45, 7) is 4.40. The Balaban J connectivity index is 3.97. The van der Waals surface area contributed by atoms with Gasteiger partial charge in [-0.1, -0.05) is 13.8 Å². The second-order valence-electron chi connectivity index (χ2n) is 2.78. The molecule has 0 aromatic heterocycles. The van der Waals surface area contributed by atoms with Gasteiger partial charge in [0.15, 0.2) is 0 Å². The molecule has 0 saturated carbocycles. The van der Waals surface area contributed by atoms with Crippen molar-refractivity contribution < 1.29 is 0 Å². The Bertz CT molecular complexity index is 106. The summed E-state index contributed by atoms with van der Waals surface area (Å²) in [6, 6.07) is 0.587. The molecular weight excluding hydrogens is 136 g/mol. The molecule has 1 N–H and O–H groups in total. The molecule has 2 unspecified atom stereocenters. The second kappa shape index (κ2) is 6.35. The molecule has 0 bridgehead atoms. The molecule has 0 aromatic carbocycles. The van der Waals surface area contributed by atoms with E-state index in [0.717, 1.165) is 6.42 Å². The molecular formula is C9H20N2. The maximum absolute atomic E-state index is 4.06. The molecule has 2 heteroatoms. The molecule has 0 aromatic rings. The molecule has 0 aliphatic heterocycles. The summed E-state index contributed by atoms with van der Waals surface area (Å²) in [6.07, 6.45) is 4.38. The van der Waals surface area contributed by atoms with Crippen molar-refractivity contribution in [2.45, 2.75) is 32.7 Å². The van der Waals surface area contributed by atoms with Gasteiger partial charge in [0, 0.05) is 25.2 Å². The van der Waals surface area contributed by atoms with E-state index in [-0.39, 0.29) is 0 Å². The fourth-order valence-electron chi connectivity index (χ4n) is 1.41. The van der Waals surface area contributed by atoms with Gasteiger partial charge in [-0.3, -0.25) is 0 Å². The lowest BCUT2D eigenvalue weighted by Gasteiger charge is -2.20. The lowest BCUT2D eigenvalue weighted by Crippen LogP contribution is -2.33. The van der Waals surface area contributed by atoms with Crippen molar-refractivity contribution >= 4 is 6.21 Å². The van der Waals surface area contributed by atoms with E-state index in [9.17, 15) is 0 Å². The number of nitrogens with one attached hydrogen (secondary N) is 1. The molecule has 2 nitrogen and oxygen atoms in total. The van der Waals surface area contributed by atoms with Crippen LogP contribution in [0.2, 0.25) is 0 Å². The monoisotopic (exact) mass is 156 g/mol. The number of nitrogens with zero attached hydrogens (tertiary/aromatic N) is 1. The molecule has 0 fully saturated rings. The van der Waals surface area contributed by atoms with Crippen molar-refractivity contribution in [1.29, 1.82) is 0 Å². The zero-order valence-electron chi connectivity index (χ0n) is 8.09. The van der Waals surface area contributed by atoms with Crippen LogP contribution in [0.1, 0.15) is 26.7 Å². The summed E-state index contributed by atoms with van der Waals surface area (Å²) >= 11 is 0. The minimum absolute atomic E-state index is 0.587. The normalized spacial score (nSPS) is 17.1. The Morgan fingerprint density at radius 3 is 2.27 bits per heavy atom. The van der Waals surface area contributed by atoms with Crippen LogP contribution in [-0.2, 0) is 0 Å². The molecule has 0 aliphatic rings. The smallest absolute Gasteiger partial charge is 0.0273 e. The average Bonchev–Trinajstić information content (AvgIpc) is 2.05. The van der Waals surface area contributed by atoms with Gasteiger partial charge in [0.25, 0.3) is 0 Å². The first kappa shape index (κ1) is 10.6. The van der Waals surface area contributed by atoms with Gasteiger partial charge in [0.05, 0.1) is 0 Å². The molecule has 0 radical (unpaired) electrons. The minimum Gasteiger partial charge on any atom is -0.316 e. The van der Waals surface area contributed by atoms with E-state index in [2.05, 4.69) is 24.2 Å². The third kappa shape index (κ3) is 3.51. The van der Waals surface area contributed by atoms with Gasteiger partial charge in [-0.15, -0.1) is 0 Å². The highest BCUT2D eigenvalue weighted by molar-refractivity contribution is 5.61. The Kier molecular flexibility index (Phi) is 6.13. The highest BCUT2D eigenvalue weighted by Crippen LogP contribution is 2.08. The van der Waals surface area contributed by atoms with E-state index in [4.69, 9.17) is 0 Å². The number of hydrogen-bond acceptors (Lipinski definition) is 2. The Morgan fingerprint density at radius 1 is 1.36 bits per heavy atom. The third-order valence-electron chi connectivity index (χ3n) is 2.14. The van der Waals surface area contributed by atoms with Gasteiger partial charge in [-0.2, -0.15) is 0 Å². The van der Waals surface area contributed by atoms with E-state index in [0.29, 0.717) is 12.0 Å². The van der Waals surface area contributed by atoms with E-state index in [1.165, 1.54) is 6.42 Å². The summed E-state index contributed by atoms with van der Waals surface area (Å²) in [5, 5.41) is 3.30. The van der Waals surface area contributed by atoms with Gasteiger partial charge < -0.3 is 10.3 Å². The van der Waals surface area contributed by atoms with Gasteiger partial charge in [0.1, 0.15) is 0 Å². The standard InChI is InChI=1S/C9H20N2/c1-5-8(7-10-3)9(6-2)11-4/h7-9,11H,5-6H2,1-4H3. The van der Waals surface area contributed by atoms with E-state index in [1.807, 2.05) is 20.3 Å². The van der Waals surface area contributed by atoms with Crippen LogP contribution in [0.15, 0.2) is 4.99 Å². The first-order valence-corrected chi connectivity index (χ1v) is 4.39. The largest absolute Gasteiger partial charge is 0.316 e. The fraction of sp³-hybridized carbons (Fsp3) is 0.889. The van der Waals surface area contributed by atoms with Gasteiger partial charge >= 0.3 is 0 Å². The lowest BCUT2D eigenvalue weighted by atomic mass is 9.96. The fourth-order valence-corrected chi connectivity index (χ4v) is 1.41. The van der Waals surface area contributed by atoms with Crippen LogP contribution in [0.4, 0.5) is 0 Å². The number of aliphatic imine (C=N–C) groups is 1. The van der Waals surface area contributed by atoms with E-state index in [1.54, 1.807) is 0 Å². The number of hydrogen-bond donors (Lipinski definition) is 1. The summed E-state index contributed by atoms with van der Waals surface area (Å²) in [4.78, 5) is 4.06. The van der Waals surface area contributed by atoms with Crippen molar-refractivity contribution in [3.8, 4) is 0 Å². The predicted molar refractivity (Wildman–Crippen MR) is 51.3 cm³/mol. The average molecular weight is 156 g/mol. The summed E-state index contributed by atoms with van der Waals surface area (Å²) < 4.78 is 0. The first-order valence-electron chi connectivity index (χ1n) is 4.39. The van der Waals surface area contributed by atoms with Crippen LogP contribution in [-0.4, -0.2) is 26.4 Å². The Hall–Kier alpha value is -0.370. The van der Waals surface area contributed by atoms with Crippen LogP contribution in [0, 0.1) is 5.92 Å². The highest BCUT2D eigenvalue weighted by Gasteiger charge is 2.13. The van der Waals surface area contributed by atoms with Gasteiger partial charge in [0.2, 0.25) is 0 Å². The van der Waals surface area contributed by atoms with Crippen LogP contribution in [0.25, 0.3) is 0 Å².